The number of allylic oxidation sites excluding steroid dienone is 11. The summed E-state index contributed by atoms with van der Waals surface area (Å²) in [6.07, 6.45) is 24.2. The van der Waals surface area contributed by atoms with Crippen LogP contribution in [-0.4, -0.2) is 20.7 Å². The smallest absolute Gasteiger partial charge is 0.133 e. The molecule has 5 heteroatoms. The molecule has 0 fully saturated rings. The maximum absolute atomic E-state index is 7.60. The number of amidine groups is 1. The van der Waals surface area contributed by atoms with Crippen LogP contribution in [0.3, 0.4) is 0 Å². The fraction of sp³-hybridized carbons (Fsp3) is 0.184. The normalized spacial score (nSPS) is 15.6. The van der Waals surface area contributed by atoms with E-state index in [1.807, 2.05) is 30.3 Å². The zero-order chi connectivity index (χ0) is 37.8. The summed E-state index contributed by atoms with van der Waals surface area (Å²) in [5, 5.41) is 15.2. The summed E-state index contributed by atoms with van der Waals surface area (Å²) < 4.78 is 4.83. The molecule has 0 bridgehead atoms. The van der Waals surface area contributed by atoms with Crippen LogP contribution in [0, 0.1) is 19.3 Å². The van der Waals surface area contributed by atoms with Gasteiger partial charge in [0.2, 0.25) is 0 Å². The molecule has 1 atom stereocenters. The molecule has 54 heavy (non-hydrogen) atoms. The van der Waals surface area contributed by atoms with Gasteiger partial charge in [0.05, 0.1) is 28.3 Å². The van der Waals surface area contributed by atoms with Crippen molar-refractivity contribution in [3.8, 4) is 0 Å². The van der Waals surface area contributed by atoms with Crippen LogP contribution in [0.4, 0.5) is 5.69 Å². The number of nitrogens with zero attached hydrogens (tertiary/aromatic N) is 3. The predicted octanol–water partition coefficient (Wildman–Crippen LogP) is 13.1. The molecule has 0 saturated carbocycles. The molecule has 0 saturated heterocycles. The molecule has 5 nitrogen and oxygen atoms in total. The van der Waals surface area contributed by atoms with Crippen LogP contribution in [0.15, 0.2) is 151 Å². The van der Waals surface area contributed by atoms with Gasteiger partial charge in [0, 0.05) is 45.0 Å². The molecule has 2 aromatic heterocycles. The van der Waals surface area contributed by atoms with Crippen LogP contribution >= 0.6 is 0 Å². The first-order valence-corrected chi connectivity index (χ1v) is 19.0. The summed E-state index contributed by atoms with van der Waals surface area (Å²) in [6, 6.07) is 27.5. The van der Waals surface area contributed by atoms with E-state index >= 15 is 0 Å². The molecule has 1 aliphatic heterocycles. The Morgan fingerprint density at radius 1 is 0.963 bits per heavy atom. The molecule has 8 rings (SSSR count). The molecule has 2 aliphatic rings. The Hall–Kier alpha value is -6.20. The summed E-state index contributed by atoms with van der Waals surface area (Å²) in [7, 11) is 0. The highest BCUT2D eigenvalue weighted by Gasteiger charge is 2.25. The number of nitrogens with one attached hydrogen (secondary N) is 2. The SMILES string of the molecule is C/C=C(\C=C/CC)n1ccc2c3c4c(C)c(C5=NC(C)c6ccccc6N5)ccc4n(C4=CCCC=C4)c3cc(C)c21.C=C/C=C\C(=N)c1ccccc1. The fourth-order valence-corrected chi connectivity index (χ4v) is 7.77. The van der Waals surface area contributed by atoms with Crippen molar-refractivity contribution in [2.45, 2.75) is 59.9 Å². The van der Waals surface area contributed by atoms with Crippen molar-refractivity contribution < 1.29 is 0 Å². The number of fused-ring (bicyclic) bond motifs is 6. The minimum absolute atomic E-state index is 0.102. The molecule has 4 aromatic carbocycles. The third kappa shape index (κ3) is 6.74. The molecule has 1 unspecified atom stereocenters. The number of para-hydroxylation sites is 1. The van der Waals surface area contributed by atoms with Crippen molar-refractivity contribution in [3.05, 3.63) is 174 Å². The maximum Gasteiger partial charge on any atom is 0.133 e. The summed E-state index contributed by atoms with van der Waals surface area (Å²) in [5.41, 5.74) is 13.7. The van der Waals surface area contributed by atoms with E-state index in [1.165, 1.54) is 60.8 Å². The monoisotopic (exact) mass is 707 g/mol. The van der Waals surface area contributed by atoms with Crippen molar-refractivity contribution in [3.63, 3.8) is 0 Å². The number of aryl methyl sites for hydroxylation is 2. The van der Waals surface area contributed by atoms with Crippen molar-refractivity contribution in [2.75, 3.05) is 5.32 Å². The number of benzene rings is 4. The Morgan fingerprint density at radius 2 is 1.76 bits per heavy atom. The molecule has 0 spiro atoms. The number of hydrogen-bond donors (Lipinski definition) is 2. The average molecular weight is 708 g/mol. The number of anilines is 1. The van der Waals surface area contributed by atoms with Gasteiger partial charge in [0.25, 0.3) is 0 Å². The van der Waals surface area contributed by atoms with Crippen LogP contribution in [0.5, 0.6) is 0 Å². The standard InChI is InChI=1S/C38H38N4.C11H11N/c1-6-8-14-27(7-2)41-22-21-31-36-34(23-24(3)37(31)41)42(28-15-10-9-11-16-28)33-20-19-29(25(4)35(33)36)38-39-26(5)30-17-12-13-18-32(30)40-38;1-2-3-9-11(12)10-7-5-4-6-8-10/h7-8,10,12-23,26H,6,9,11H2,1-5H3,(H,39,40);2-9,12H,1H2/b14-8-,27-7+;9-3-,12-11?. The molecule has 270 valence electrons. The van der Waals surface area contributed by atoms with Gasteiger partial charge in [-0.05, 0) is 118 Å². The van der Waals surface area contributed by atoms with Gasteiger partial charge in [-0.1, -0.05) is 98.5 Å². The van der Waals surface area contributed by atoms with Crippen LogP contribution in [0.1, 0.15) is 73.9 Å². The Balaban J connectivity index is 0.000000321. The molecule has 6 aromatic rings. The van der Waals surface area contributed by atoms with E-state index in [0.717, 1.165) is 41.9 Å². The van der Waals surface area contributed by atoms with Crippen molar-refractivity contribution in [1.29, 1.82) is 5.41 Å². The summed E-state index contributed by atoms with van der Waals surface area (Å²) in [5.74, 6) is 0.945. The first-order valence-electron chi connectivity index (χ1n) is 19.0. The van der Waals surface area contributed by atoms with Crippen molar-refractivity contribution in [1.82, 2.24) is 9.13 Å². The second-order valence-electron chi connectivity index (χ2n) is 13.9. The van der Waals surface area contributed by atoms with Crippen LogP contribution in [-0.2, 0) is 0 Å². The Kier molecular flexibility index (Phi) is 10.6. The summed E-state index contributed by atoms with van der Waals surface area (Å²) >= 11 is 0. The van der Waals surface area contributed by atoms with Crippen LogP contribution < -0.4 is 5.32 Å². The first kappa shape index (κ1) is 36.2. The largest absolute Gasteiger partial charge is 0.340 e. The lowest BCUT2D eigenvalue weighted by molar-refractivity contribution is 0.812. The topological polar surface area (TPSA) is 58.1 Å². The molecular formula is C49H49N5. The summed E-state index contributed by atoms with van der Waals surface area (Å²) in [4.78, 5) is 5.14. The van der Waals surface area contributed by atoms with E-state index in [0.29, 0.717) is 5.71 Å². The Morgan fingerprint density at radius 3 is 2.50 bits per heavy atom. The van der Waals surface area contributed by atoms with Gasteiger partial charge >= 0.3 is 0 Å². The lowest BCUT2D eigenvalue weighted by Crippen LogP contribution is -2.21. The Bertz CT molecular complexity index is 2580. The lowest BCUT2D eigenvalue weighted by atomic mass is 9.97. The maximum atomic E-state index is 7.60. The molecule has 0 amide bonds. The number of hydrogen-bond acceptors (Lipinski definition) is 3. The lowest BCUT2D eigenvalue weighted by Gasteiger charge is -2.24. The van der Waals surface area contributed by atoms with Crippen molar-refractivity contribution >= 4 is 61.3 Å². The highest BCUT2D eigenvalue weighted by atomic mass is 15.0. The van der Waals surface area contributed by atoms with Crippen LogP contribution in [0.25, 0.3) is 44.1 Å². The van der Waals surface area contributed by atoms with Gasteiger partial charge in [0.1, 0.15) is 5.84 Å². The first-order chi connectivity index (χ1) is 26.4. The van der Waals surface area contributed by atoms with E-state index < -0.39 is 0 Å². The molecule has 2 N–H and O–H groups in total. The van der Waals surface area contributed by atoms with Crippen molar-refractivity contribution in [2.24, 2.45) is 4.99 Å². The average Bonchev–Trinajstić information content (AvgIpc) is 3.79. The summed E-state index contributed by atoms with van der Waals surface area (Å²) in [6.45, 7) is 14.5. The Labute approximate surface area is 319 Å². The predicted molar refractivity (Wildman–Crippen MR) is 234 cm³/mol. The fourth-order valence-electron chi connectivity index (χ4n) is 7.77. The molecule has 1 aliphatic carbocycles. The second kappa shape index (κ2) is 15.8. The van der Waals surface area contributed by atoms with E-state index in [2.05, 4.69) is 147 Å². The molecule has 3 heterocycles. The number of aromatic nitrogens is 2. The second-order valence-corrected chi connectivity index (χ2v) is 13.9. The molecule has 0 radical (unpaired) electrons. The van der Waals surface area contributed by atoms with E-state index in [1.54, 1.807) is 18.2 Å². The van der Waals surface area contributed by atoms with E-state index in [-0.39, 0.29) is 6.04 Å². The minimum Gasteiger partial charge on any atom is -0.340 e. The van der Waals surface area contributed by atoms with Gasteiger partial charge in [-0.3, -0.25) is 4.99 Å². The van der Waals surface area contributed by atoms with Gasteiger partial charge in [0.15, 0.2) is 0 Å². The number of rotatable bonds is 8. The number of aliphatic imine (C=N–C) groups is 1. The zero-order valence-corrected chi connectivity index (χ0v) is 32.0. The highest BCUT2D eigenvalue weighted by Crippen LogP contribution is 2.42. The third-order valence-electron chi connectivity index (χ3n) is 10.4. The van der Waals surface area contributed by atoms with Gasteiger partial charge < -0.3 is 19.9 Å². The van der Waals surface area contributed by atoms with Crippen LogP contribution in [0.2, 0.25) is 0 Å². The zero-order valence-electron chi connectivity index (χ0n) is 32.0. The highest BCUT2D eigenvalue weighted by molar-refractivity contribution is 6.25. The third-order valence-corrected chi connectivity index (χ3v) is 10.4. The quantitative estimate of drug-likeness (QED) is 0.120. The molecular weight excluding hydrogens is 659 g/mol. The van der Waals surface area contributed by atoms with Gasteiger partial charge in [-0.2, -0.15) is 0 Å². The minimum atomic E-state index is 0.102. The van der Waals surface area contributed by atoms with E-state index in [9.17, 15) is 0 Å². The van der Waals surface area contributed by atoms with E-state index in [4.69, 9.17) is 10.4 Å². The van der Waals surface area contributed by atoms with Gasteiger partial charge in [-0.25, -0.2) is 0 Å². The van der Waals surface area contributed by atoms with Gasteiger partial charge in [-0.15, -0.1) is 0 Å².